The highest BCUT2D eigenvalue weighted by Crippen LogP contribution is 2.12. The zero-order chi connectivity index (χ0) is 13.5. The fraction of sp³-hybridized carbons (Fsp3) is 0.556. The average Bonchev–Trinajstić information content (AvgIpc) is 2.65. The molecule has 1 aromatic heterocycles. The molecule has 0 spiro atoms. The summed E-state index contributed by atoms with van der Waals surface area (Å²) < 4.78 is 1.25. The largest absolute Gasteiger partial charge is 0.481 e. The third-order valence-corrected chi connectivity index (χ3v) is 2.95. The topological polar surface area (TPSA) is 117 Å². The third-order valence-electron chi connectivity index (χ3n) is 1.98. The van der Waals surface area contributed by atoms with Crippen LogP contribution in [0.15, 0.2) is 9.95 Å². The van der Waals surface area contributed by atoms with Gasteiger partial charge in [-0.1, -0.05) is 11.8 Å². The molecule has 1 aromatic rings. The summed E-state index contributed by atoms with van der Waals surface area (Å²) >= 11 is 0.930. The van der Waals surface area contributed by atoms with Gasteiger partial charge < -0.3 is 10.4 Å². The highest BCUT2D eigenvalue weighted by atomic mass is 32.2. The first-order valence-electron chi connectivity index (χ1n) is 5.31. The number of carbonyl (C=O) groups is 2. The number of amides is 1. The molecular weight excluding hydrogens is 260 g/mol. The van der Waals surface area contributed by atoms with Gasteiger partial charge in [0.1, 0.15) is 0 Å². The molecule has 0 atom stereocenters. The normalized spacial score (nSPS) is 10.3. The summed E-state index contributed by atoms with van der Waals surface area (Å²) in [7, 11) is 0. The van der Waals surface area contributed by atoms with E-state index in [1.807, 2.05) is 0 Å². The molecule has 0 aliphatic heterocycles. The van der Waals surface area contributed by atoms with E-state index in [0.29, 0.717) is 6.54 Å². The predicted octanol–water partition coefficient (Wildman–Crippen LogP) is -0.726. The summed E-state index contributed by atoms with van der Waals surface area (Å²) in [6.45, 7) is 2.50. The lowest BCUT2D eigenvalue weighted by Crippen LogP contribution is -2.26. The number of carboxylic acids is 1. The third kappa shape index (κ3) is 4.24. The van der Waals surface area contributed by atoms with Crippen molar-refractivity contribution in [1.29, 1.82) is 0 Å². The SMILES string of the molecule is CCNC(=O)CCn1c(SCC(=O)O)n[nH]c1=O. The minimum Gasteiger partial charge on any atom is -0.481 e. The minimum absolute atomic E-state index is 0.147. The lowest BCUT2D eigenvalue weighted by atomic mass is 10.4. The summed E-state index contributed by atoms with van der Waals surface area (Å²) in [4.78, 5) is 33.1. The van der Waals surface area contributed by atoms with Gasteiger partial charge in [-0.3, -0.25) is 14.2 Å². The molecule has 0 fully saturated rings. The van der Waals surface area contributed by atoms with Crippen LogP contribution in [0.3, 0.4) is 0 Å². The van der Waals surface area contributed by atoms with Gasteiger partial charge >= 0.3 is 11.7 Å². The van der Waals surface area contributed by atoms with Crippen LogP contribution < -0.4 is 11.0 Å². The van der Waals surface area contributed by atoms with E-state index in [9.17, 15) is 14.4 Å². The Morgan fingerprint density at radius 1 is 1.56 bits per heavy atom. The summed E-state index contributed by atoms with van der Waals surface area (Å²) in [5.41, 5.74) is -0.452. The number of nitrogens with zero attached hydrogens (tertiary/aromatic N) is 2. The van der Waals surface area contributed by atoms with Crippen molar-refractivity contribution in [2.24, 2.45) is 0 Å². The molecule has 0 radical (unpaired) electrons. The van der Waals surface area contributed by atoms with Crippen LogP contribution in [0, 0.1) is 0 Å². The Hall–Kier alpha value is -1.77. The van der Waals surface area contributed by atoms with Crippen molar-refractivity contribution in [1.82, 2.24) is 20.1 Å². The minimum atomic E-state index is -0.995. The monoisotopic (exact) mass is 274 g/mol. The second-order valence-corrected chi connectivity index (χ2v) is 4.29. The van der Waals surface area contributed by atoms with E-state index in [0.717, 1.165) is 11.8 Å². The second kappa shape index (κ2) is 6.84. The average molecular weight is 274 g/mol. The maximum atomic E-state index is 11.4. The first kappa shape index (κ1) is 14.3. The van der Waals surface area contributed by atoms with Crippen molar-refractivity contribution in [3.63, 3.8) is 0 Å². The second-order valence-electron chi connectivity index (χ2n) is 3.35. The van der Waals surface area contributed by atoms with Crippen LogP contribution >= 0.6 is 11.8 Å². The van der Waals surface area contributed by atoms with Gasteiger partial charge in [0.15, 0.2) is 5.16 Å². The van der Waals surface area contributed by atoms with Crippen molar-refractivity contribution in [2.75, 3.05) is 12.3 Å². The highest BCUT2D eigenvalue weighted by molar-refractivity contribution is 7.99. The molecule has 1 heterocycles. The van der Waals surface area contributed by atoms with Crippen LogP contribution in [0.2, 0.25) is 0 Å². The number of carbonyl (C=O) groups excluding carboxylic acids is 1. The number of aliphatic carboxylic acids is 1. The van der Waals surface area contributed by atoms with Gasteiger partial charge in [0, 0.05) is 19.5 Å². The van der Waals surface area contributed by atoms with Crippen LogP contribution in [0.4, 0.5) is 0 Å². The Kier molecular flexibility index (Phi) is 5.43. The van der Waals surface area contributed by atoms with E-state index in [-0.39, 0.29) is 29.8 Å². The van der Waals surface area contributed by atoms with E-state index in [1.165, 1.54) is 4.57 Å². The van der Waals surface area contributed by atoms with Crippen molar-refractivity contribution in [2.45, 2.75) is 25.0 Å². The van der Waals surface area contributed by atoms with Crippen LogP contribution in [0.25, 0.3) is 0 Å². The van der Waals surface area contributed by atoms with Gasteiger partial charge in [-0.2, -0.15) is 0 Å². The van der Waals surface area contributed by atoms with Gasteiger partial charge in [-0.15, -0.1) is 5.10 Å². The molecule has 0 saturated heterocycles. The molecule has 0 bridgehead atoms. The highest BCUT2D eigenvalue weighted by Gasteiger charge is 2.11. The van der Waals surface area contributed by atoms with Crippen LogP contribution in [-0.4, -0.2) is 44.0 Å². The number of nitrogens with one attached hydrogen (secondary N) is 2. The van der Waals surface area contributed by atoms with Crippen molar-refractivity contribution in [3.05, 3.63) is 10.5 Å². The Balaban J connectivity index is 2.63. The molecule has 1 amide bonds. The van der Waals surface area contributed by atoms with Crippen molar-refractivity contribution < 1.29 is 14.7 Å². The van der Waals surface area contributed by atoms with E-state index in [2.05, 4.69) is 15.5 Å². The molecule has 9 heteroatoms. The summed E-state index contributed by atoms with van der Waals surface area (Å²) in [6, 6.07) is 0. The molecule has 3 N–H and O–H groups in total. The van der Waals surface area contributed by atoms with Crippen molar-refractivity contribution in [3.8, 4) is 0 Å². The van der Waals surface area contributed by atoms with E-state index in [1.54, 1.807) is 6.92 Å². The predicted molar refractivity (Wildman–Crippen MR) is 64.5 cm³/mol. The number of aromatic nitrogens is 3. The first-order chi connectivity index (χ1) is 8.54. The zero-order valence-corrected chi connectivity index (χ0v) is 10.6. The summed E-state index contributed by atoms with van der Waals surface area (Å²) in [5.74, 6) is -1.35. The Bertz CT molecular complexity index is 481. The lowest BCUT2D eigenvalue weighted by molar-refractivity contribution is -0.134. The summed E-state index contributed by atoms with van der Waals surface area (Å²) in [6.07, 6.45) is 0.147. The Morgan fingerprint density at radius 3 is 2.89 bits per heavy atom. The summed E-state index contributed by atoms with van der Waals surface area (Å²) in [5, 5.41) is 17.4. The maximum absolute atomic E-state index is 11.4. The number of hydrogen-bond acceptors (Lipinski definition) is 5. The number of rotatable bonds is 7. The van der Waals surface area contributed by atoms with E-state index < -0.39 is 11.7 Å². The number of carboxylic acid groups (broad SMARTS) is 1. The van der Waals surface area contributed by atoms with Gasteiger partial charge in [0.2, 0.25) is 5.91 Å². The van der Waals surface area contributed by atoms with Crippen LogP contribution in [-0.2, 0) is 16.1 Å². The number of thioether (sulfide) groups is 1. The number of hydrogen-bond donors (Lipinski definition) is 3. The smallest absolute Gasteiger partial charge is 0.343 e. The molecule has 0 aliphatic rings. The van der Waals surface area contributed by atoms with Crippen LogP contribution in [0.1, 0.15) is 13.3 Å². The fourth-order valence-corrected chi connectivity index (χ4v) is 1.93. The molecule has 8 nitrogen and oxygen atoms in total. The molecular formula is C9H14N4O4S. The molecule has 100 valence electrons. The van der Waals surface area contributed by atoms with Gasteiger partial charge in [0.25, 0.3) is 0 Å². The molecule has 0 saturated carbocycles. The van der Waals surface area contributed by atoms with Gasteiger partial charge in [-0.05, 0) is 6.92 Å². The van der Waals surface area contributed by atoms with Gasteiger partial charge in [0.05, 0.1) is 5.75 Å². The number of aromatic amines is 1. The van der Waals surface area contributed by atoms with Gasteiger partial charge in [-0.25, -0.2) is 9.89 Å². The zero-order valence-electron chi connectivity index (χ0n) is 9.80. The molecule has 0 aromatic carbocycles. The molecule has 0 unspecified atom stereocenters. The fourth-order valence-electron chi connectivity index (χ4n) is 1.24. The van der Waals surface area contributed by atoms with E-state index in [4.69, 9.17) is 5.11 Å². The van der Waals surface area contributed by atoms with Crippen LogP contribution in [0.5, 0.6) is 0 Å². The Labute approximate surface area is 107 Å². The van der Waals surface area contributed by atoms with Crippen molar-refractivity contribution >= 4 is 23.6 Å². The Morgan fingerprint density at radius 2 is 2.28 bits per heavy atom. The first-order valence-corrected chi connectivity index (χ1v) is 6.29. The molecule has 18 heavy (non-hydrogen) atoms. The lowest BCUT2D eigenvalue weighted by Gasteiger charge is -2.04. The maximum Gasteiger partial charge on any atom is 0.343 e. The number of H-pyrrole nitrogens is 1. The quantitative estimate of drug-likeness (QED) is 0.565. The van der Waals surface area contributed by atoms with E-state index >= 15 is 0 Å². The molecule has 0 aliphatic carbocycles. The molecule has 1 rings (SSSR count). The standard InChI is InChI=1S/C9H14N4O4S/c1-2-10-6(14)3-4-13-8(17)11-12-9(13)18-5-7(15)16/h2-5H2,1H3,(H,10,14)(H,11,17)(H,15,16).